The fourth-order valence-electron chi connectivity index (χ4n) is 1.65. The van der Waals surface area contributed by atoms with E-state index in [1.54, 1.807) is 12.1 Å². The van der Waals surface area contributed by atoms with E-state index in [-0.39, 0.29) is 17.3 Å². The zero-order chi connectivity index (χ0) is 15.6. The number of aromatic nitrogens is 1. The van der Waals surface area contributed by atoms with Gasteiger partial charge in [-0.3, -0.25) is 4.72 Å². The molecule has 0 bridgehead atoms. The molecule has 0 saturated carbocycles. The lowest BCUT2D eigenvalue weighted by Crippen LogP contribution is -2.14. The van der Waals surface area contributed by atoms with Crippen LogP contribution in [0, 0.1) is 6.92 Å². The average Bonchev–Trinajstić information content (AvgIpc) is 2.42. The summed E-state index contributed by atoms with van der Waals surface area (Å²) >= 11 is 9.30. The van der Waals surface area contributed by atoms with E-state index in [9.17, 15) is 8.42 Å². The van der Waals surface area contributed by atoms with Crippen LogP contribution in [0.1, 0.15) is 11.1 Å². The SMILES string of the molecule is Cc1cc(NS(=O)(=O)c2ccc(CN)c(Cl)c2)ncc1Br. The number of anilines is 1. The van der Waals surface area contributed by atoms with Crippen molar-refractivity contribution in [1.29, 1.82) is 0 Å². The van der Waals surface area contributed by atoms with E-state index in [0.29, 0.717) is 10.6 Å². The standard InChI is InChI=1S/C13H13BrClN3O2S/c1-8-4-13(17-7-11(8)14)18-21(19,20)10-3-2-9(6-16)12(15)5-10/h2-5,7H,6,16H2,1H3,(H,17,18). The Kier molecular flexibility index (Phi) is 4.88. The van der Waals surface area contributed by atoms with Crippen molar-refractivity contribution in [1.82, 2.24) is 4.98 Å². The van der Waals surface area contributed by atoms with Crippen LogP contribution in [-0.4, -0.2) is 13.4 Å². The van der Waals surface area contributed by atoms with Gasteiger partial charge in [0.2, 0.25) is 0 Å². The van der Waals surface area contributed by atoms with Gasteiger partial charge in [0.05, 0.1) is 4.90 Å². The zero-order valence-electron chi connectivity index (χ0n) is 11.1. The highest BCUT2D eigenvalue weighted by atomic mass is 79.9. The van der Waals surface area contributed by atoms with Gasteiger partial charge in [-0.15, -0.1) is 0 Å². The number of pyridine rings is 1. The number of aryl methyl sites for hydroxylation is 1. The molecule has 2 aromatic rings. The number of hydrogen-bond donors (Lipinski definition) is 2. The monoisotopic (exact) mass is 389 g/mol. The number of benzene rings is 1. The number of rotatable bonds is 4. The van der Waals surface area contributed by atoms with Gasteiger partial charge in [0.15, 0.2) is 0 Å². The van der Waals surface area contributed by atoms with Crippen LogP contribution in [0.4, 0.5) is 5.82 Å². The first-order chi connectivity index (χ1) is 9.83. The predicted molar refractivity (Wildman–Crippen MR) is 86.8 cm³/mol. The number of sulfonamides is 1. The minimum absolute atomic E-state index is 0.0621. The Morgan fingerprint density at radius 1 is 1.38 bits per heavy atom. The number of nitrogens with one attached hydrogen (secondary N) is 1. The smallest absolute Gasteiger partial charge is 0.263 e. The summed E-state index contributed by atoms with van der Waals surface area (Å²) in [4.78, 5) is 4.08. The number of halogens is 2. The van der Waals surface area contributed by atoms with E-state index in [0.717, 1.165) is 10.0 Å². The van der Waals surface area contributed by atoms with Crippen LogP contribution >= 0.6 is 27.5 Å². The van der Waals surface area contributed by atoms with Crippen LogP contribution in [0.25, 0.3) is 0 Å². The molecule has 0 fully saturated rings. The highest BCUT2D eigenvalue weighted by molar-refractivity contribution is 9.10. The molecule has 0 aliphatic carbocycles. The third kappa shape index (κ3) is 3.74. The molecule has 5 nitrogen and oxygen atoms in total. The largest absolute Gasteiger partial charge is 0.326 e. The van der Waals surface area contributed by atoms with E-state index in [1.807, 2.05) is 6.92 Å². The highest BCUT2D eigenvalue weighted by Crippen LogP contribution is 2.23. The zero-order valence-corrected chi connectivity index (χ0v) is 14.3. The summed E-state index contributed by atoms with van der Waals surface area (Å²) in [6, 6.07) is 6.06. The minimum Gasteiger partial charge on any atom is -0.326 e. The molecule has 8 heteroatoms. The van der Waals surface area contributed by atoms with Gasteiger partial charge in [0.1, 0.15) is 5.82 Å². The summed E-state index contributed by atoms with van der Waals surface area (Å²) < 4.78 is 27.8. The first-order valence-corrected chi connectivity index (χ1v) is 8.62. The molecule has 0 spiro atoms. The normalized spacial score (nSPS) is 11.4. The third-order valence-electron chi connectivity index (χ3n) is 2.84. The maximum absolute atomic E-state index is 12.3. The third-order valence-corrected chi connectivity index (χ3v) is 5.38. The Labute approximate surface area is 136 Å². The van der Waals surface area contributed by atoms with Crippen molar-refractivity contribution < 1.29 is 8.42 Å². The van der Waals surface area contributed by atoms with Crippen LogP contribution in [0.15, 0.2) is 39.8 Å². The maximum atomic E-state index is 12.3. The maximum Gasteiger partial charge on any atom is 0.263 e. The van der Waals surface area contributed by atoms with E-state index >= 15 is 0 Å². The highest BCUT2D eigenvalue weighted by Gasteiger charge is 2.16. The summed E-state index contributed by atoms with van der Waals surface area (Å²) in [5.74, 6) is 0.245. The molecule has 0 amide bonds. The quantitative estimate of drug-likeness (QED) is 0.840. The summed E-state index contributed by atoms with van der Waals surface area (Å²) in [6.07, 6.45) is 1.54. The molecule has 2 rings (SSSR count). The summed E-state index contributed by atoms with van der Waals surface area (Å²) in [6.45, 7) is 2.09. The van der Waals surface area contributed by atoms with Crippen molar-refractivity contribution in [2.24, 2.45) is 5.73 Å². The fourth-order valence-corrected chi connectivity index (χ4v) is 3.22. The number of hydrogen-bond acceptors (Lipinski definition) is 4. The molecule has 0 aliphatic rings. The Hall–Kier alpha value is -1.15. The predicted octanol–water partition coefficient (Wildman–Crippen LogP) is 3.07. The first-order valence-electron chi connectivity index (χ1n) is 5.97. The molecule has 21 heavy (non-hydrogen) atoms. The molecule has 1 aromatic heterocycles. The van der Waals surface area contributed by atoms with Crippen LogP contribution in [0.5, 0.6) is 0 Å². The molecule has 0 saturated heterocycles. The summed E-state index contributed by atoms with van der Waals surface area (Å²) in [5.41, 5.74) is 7.06. The van der Waals surface area contributed by atoms with Crippen molar-refractivity contribution in [2.45, 2.75) is 18.4 Å². The molecular weight excluding hydrogens is 378 g/mol. The van der Waals surface area contributed by atoms with Gasteiger partial charge in [-0.25, -0.2) is 13.4 Å². The van der Waals surface area contributed by atoms with Gasteiger partial charge in [0, 0.05) is 22.2 Å². The average molecular weight is 391 g/mol. The second-order valence-electron chi connectivity index (χ2n) is 4.38. The van der Waals surface area contributed by atoms with E-state index in [4.69, 9.17) is 17.3 Å². The van der Waals surface area contributed by atoms with Crippen LogP contribution in [0.3, 0.4) is 0 Å². The number of nitrogens with zero attached hydrogens (tertiary/aromatic N) is 1. The molecule has 3 N–H and O–H groups in total. The molecule has 0 atom stereocenters. The minimum atomic E-state index is -3.74. The molecule has 0 radical (unpaired) electrons. The molecule has 0 unspecified atom stereocenters. The van der Waals surface area contributed by atoms with Gasteiger partial charge in [0.25, 0.3) is 10.0 Å². The second-order valence-corrected chi connectivity index (χ2v) is 7.33. The summed E-state index contributed by atoms with van der Waals surface area (Å²) in [7, 11) is -3.74. The van der Waals surface area contributed by atoms with Crippen LogP contribution < -0.4 is 10.5 Å². The van der Waals surface area contributed by atoms with Gasteiger partial charge < -0.3 is 5.73 Å². The van der Waals surface area contributed by atoms with Crippen LogP contribution in [-0.2, 0) is 16.6 Å². The fraction of sp³-hybridized carbons (Fsp3) is 0.154. The molecule has 0 aliphatic heterocycles. The first kappa shape index (κ1) is 16.2. The van der Waals surface area contributed by atoms with Crippen LogP contribution in [0.2, 0.25) is 5.02 Å². The summed E-state index contributed by atoms with van der Waals surface area (Å²) in [5, 5.41) is 0.320. The molecular formula is C13H13BrClN3O2S. The Morgan fingerprint density at radius 3 is 2.67 bits per heavy atom. The lowest BCUT2D eigenvalue weighted by Gasteiger charge is -2.10. The van der Waals surface area contributed by atoms with Crippen molar-refractivity contribution in [2.75, 3.05) is 4.72 Å². The van der Waals surface area contributed by atoms with E-state index in [1.165, 1.54) is 18.3 Å². The lowest BCUT2D eigenvalue weighted by atomic mass is 10.2. The Morgan fingerprint density at radius 2 is 2.10 bits per heavy atom. The van der Waals surface area contributed by atoms with E-state index in [2.05, 4.69) is 25.6 Å². The molecule has 1 aromatic carbocycles. The Balaban J connectivity index is 2.33. The van der Waals surface area contributed by atoms with Crippen molar-refractivity contribution in [3.05, 3.63) is 51.1 Å². The Bertz CT molecular complexity index is 781. The van der Waals surface area contributed by atoms with Gasteiger partial charge in [-0.05, 0) is 52.2 Å². The van der Waals surface area contributed by atoms with Crippen molar-refractivity contribution >= 4 is 43.4 Å². The van der Waals surface area contributed by atoms with Crippen molar-refractivity contribution in [3.63, 3.8) is 0 Å². The van der Waals surface area contributed by atoms with E-state index < -0.39 is 10.0 Å². The molecule has 112 valence electrons. The topological polar surface area (TPSA) is 85.1 Å². The number of nitrogens with two attached hydrogens (primary N) is 1. The van der Waals surface area contributed by atoms with Crippen molar-refractivity contribution in [3.8, 4) is 0 Å². The lowest BCUT2D eigenvalue weighted by molar-refractivity contribution is 0.601. The van der Waals surface area contributed by atoms with Gasteiger partial charge in [-0.1, -0.05) is 17.7 Å². The molecule has 1 heterocycles. The van der Waals surface area contributed by atoms with Gasteiger partial charge in [-0.2, -0.15) is 0 Å². The second kappa shape index (κ2) is 6.31. The van der Waals surface area contributed by atoms with Gasteiger partial charge >= 0.3 is 0 Å².